The summed E-state index contributed by atoms with van der Waals surface area (Å²) < 4.78 is 36.1. The third kappa shape index (κ3) is 3.33. The molecule has 14 heavy (non-hydrogen) atoms. The van der Waals surface area contributed by atoms with Gasteiger partial charge >= 0.3 is 0 Å². The van der Waals surface area contributed by atoms with Crippen molar-refractivity contribution in [2.75, 3.05) is 17.1 Å². The number of hydrogen-bond donors (Lipinski definition) is 2. The van der Waals surface area contributed by atoms with E-state index < -0.39 is 13.3 Å². The molecule has 1 rings (SSSR count). The Kier molecular flexibility index (Phi) is 2.02. The van der Waals surface area contributed by atoms with E-state index in [0.717, 1.165) is 0 Å². The van der Waals surface area contributed by atoms with Crippen LogP contribution in [0.25, 0.3) is 0 Å². The summed E-state index contributed by atoms with van der Waals surface area (Å²) >= 11 is 5.67. The fraction of sp³-hybridized carbons (Fsp3) is 0.625. The van der Waals surface area contributed by atoms with Crippen LogP contribution in [0, 0.1) is 0 Å². The predicted molar refractivity (Wildman–Crippen MR) is 57.8 cm³/mol. The molecule has 0 amide bonds. The van der Waals surface area contributed by atoms with Gasteiger partial charge in [-0.2, -0.15) is 15.0 Å². The number of hydrogen-bond acceptors (Lipinski definition) is 5. The van der Waals surface area contributed by atoms with Crippen LogP contribution in [0.2, 0.25) is 5.28 Å². The standard InChI is InChI=1S/C8H14ClN5/c1-4-10-7-12-6(9)13-8(14-7)11-5(2)3/h5H,4H2,1-3H3,(H2,10,11,12,13,14)/i1D3,4D2. The summed E-state index contributed by atoms with van der Waals surface area (Å²) in [6.07, 6.45) is 0. The van der Waals surface area contributed by atoms with E-state index in [2.05, 4.69) is 25.6 Å². The summed E-state index contributed by atoms with van der Waals surface area (Å²) in [5.74, 6) is -0.108. The SMILES string of the molecule is [2H]C([2H])([2H])C([2H])([2H])Nc1nc(Cl)nc(NC(C)C)n1. The van der Waals surface area contributed by atoms with E-state index in [-0.39, 0.29) is 23.2 Å². The average Bonchev–Trinajstić information content (AvgIpc) is 2.11. The van der Waals surface area contributed by atoms with Crippen molar-refractivity contribution in [2.24, 2.45) is 0 Å². The van der Waals surface area contributed by atoms with Crippen molar-refractivity contribution >= 4 is 23.5 Å². The summed E-state index contributed by atoms with van der Waals surface area (Å²) in [6.45, 7) is -1.83. The molecule has 2 N–H and O–H groups in total. The third-order valence-electron chi connectivity index (χ3n) is 1.20. The highest BCUT2D eigenvalue weighted by molar-refractivity contribution is 6.28. The number of anilines is 2. The lowest BCUT2D eigenvalue weighted by molar-refractivity contribution is 0.866. The zero-order chi connectivity index (χ0) is 14.8. The Morgan fingerprint density at radius 1 is 1.43 bits per heavy atom. The van der Waals surface area contributed by atoms with E-state index in [0.29, 0.717) is 0 Å². The molecule has 1 aromatic heterocycles. The quantitative estimate of drug-likeness (QED) is 0.810. The van der Waals surface area contributed by atoms with Crippen LogP contribution in [0.5, 0.6) is 0 Å². The second-order valence-electron chi connectivity index (χ2n) is 2.80. The average molecular weight is 221 g/mol. The second-order valence-corrected chi connectivity index (χ2v) is 3.14. The number of aromatic nitrogens is 3. The number of nitrogens with one attached hydrogen (secondary N) is 2. The van der Waals surface area contributed by atoms with E-state index in [4.69, 9.17) is 18.5 Å². The van der Waals surface area contributed by atoms with Crippen molar-refractivity contribution in [1.29, 1.82) is 0 Å². The Hall–Kier alpha value is -1.10. The number of rotatable bonds is 4. The lowest BCUT2D eigenvalue weighted by Crippen LogP contribution is -2.14. The molecule has 0 bridgehead atoms. The summed E-state index contributed by atoms with van der Waals surface area (Å²) in [7, 11) is 0. The molecule has 78 valence electrons. The molecule has 0 aromatic carbocycles. The van der Waals surface area contributed by atoms with Crippen LogP contribution in [0.15, 0.2) is 0 Å². The van der Waals surface area contributed by atoms with Gasteiger partial charge in [-0.25, -0.2) is 0 Å². The predicted octanol–water partition coefficient (Wildman–Crippen LogP) is 1.78. The maximum Gasteiger partial charge on any atom is 0.228 e. The first-order chi connectivity index (χ1) is 8.51. The van der Waals surface area contributed by atoms with Crippen LogP contribution in [0.1, 0.15) is 27.6 Å². The Labute approximate surface area is 95.3 Å². The van der Waals surface area contributed by atoms with Crippen LogP contribution in [0.3, 0.4) is 0 Å². The topological polar surface area (TPSA) is 62.7 Å². The molecule has 0 aliphatic carbocycles. The van der Waals surface area contributed by atoms with Gasteiger partial charge in [0, 0.05) is 19.4 Å². The molecule has 5 nitrogen and oxygen atoms in total. The first-order valence-corrected chi connectivity index (χ1v) is 4.35. The summed E-state index contributed by atoms with van der Waals surface area (Å²) in [5.41, 5.74) is 0. The highest BCUT2D eigenvalue weighted by Gasteiger charge is 2.04. The van der Waals surface area contributed by atoms with Gasteiger partial charge in [0.05, 0.1) is 0 Å². The first kappa shape index (κ1) is 5.70. The van der Waals surface area contributed by atoms with Gasteiger partial charge < -0.3 is 10.6 Å². The summed E-state index contributed by atoms with van der Waals surface area (Å²) in [5, 5.41) is 4.79. The van der Waals surface area contributed by atoms with Crippen LogP contribution in [-0.4, -0.2) is 27.5 Å². The van der Waals surface area contributed by atoms with Crippen molar-refractivity contribution < 1.29 is 6.85 Å². The van der Waals surface area contributed by atoms with Gasteiger partial charge in [0.2, 0.25) is 17.2 Å². The van der Waals surface area contributed by atoms with Crippen LogP contribution < -0.4 is 10.6 Å². The smallest absolute Gasteiger partial charge is 0.228 e. The van der Waals surface area contributed by atoms with E-state index in [9.17, 15) is 0 Å². The Morgan fingerprint density at radius 2 is 2.14 bits per heavy atom. The Balaban J connectivity index is 2.99. The molecule has 6 heteroatoms. The number of halogens is 1. The van der Waals surface area contributed by atoms with Gasteiger partial charge in [0.15, 0.2) is 0 Å². The van der Waals surface area contributed by atoms with Gasteiger partial charge in [-0.3, -0.25) is 0 Å². The first-order valence-electron chi connectivity index (χ1n) is 6.47. The number of nitrogens with zero attached hydrogens (tertiary/aromatic N) is 3. The molecule has 0 radical (unpaired) electrons. The highest BCUT2D eigenvalue weighted by atomic mass is 35.5. The molecular formula is C8H14ClN5. The molecule has 1 aromatic rings. The molecule has 0 spiro atoms. The van der Waals surface area contributed by atoms with Gasteiger partial charge in [-0.05, 0) is 32.3 Å². The van der Waals surface area contributed by atoms with Gasteiger partial charge in [0.25, 0.3) is 0 Å². The summed E-state index contributed by atoms with van der Waals surface area (Å²) in [4.78, 5) is 11.3. The molecule has 0 unspecified atom stereocenters. The van der Waals surface area contributed by atoms with Crippen molar-refractivity contribution in [2.45, 2.75) is 26.7 Å². The highest BCUT2D eigenvalue weighted by Crippen LogP contribution is 2.09. The third-order valence-corrected chi connectivity index (χ3v) is 1.37. The molecule has 0 aliphatic heterocycles. The van der Waals surface area contributed by atoms with Gasteiger partial charge in [-0.15, -0.1) is 0 Å². The zero-order valence-electron chi connectivity index (χ0n) is 12.8. The monoisotopic (exact) mass is 220 g/mol. The second kappa shape index (κ2) is 4.95. The minimum absolute atomic E-state index is 0.0330. The zero-order valence-corrected chi connectivity index (χ0v) is 8.55. The molecule has 0 aliphatic rings. The minimum atomic E-state index is -2.86. The van der Waals surface area contributed by atoms with Crippen molar-refractivity contribution in [1.82, 2.24) is 15.0 Å². The van der Waals surface area contributed by atoms with Crippen LogP contribution in [-0.2, 0) is 0 Å². The normalized spacial score (nSPS) is 17.6. The van der Waals surface area contributed by atoms with Crippen LogP contribution >= 0.6 is 11.6 Å². The van der Waals surface area contributed by atoms with E-state index in [1.165, 1.54) is 0 Å². The lowest BCUT2D eigenvalue weighted by atomic mass is 10.4. The summed E-state index contributed by atoms with van der Waals surface area (Å²) in [6, 6.07) is 0.0330. The molecule has 0 saturated carbocycles. The molecule has 0 saturated heterocycles. The minimum Gasteiger partial charge on any atom is -0.354 e. The maximum absolute atomic E-state index is 7.43. The molecule has 0 atom stereocenters. The lowest BCUT2D eigenvalue weighted by Gasteiger charge is -2.09. The van der Waals surface area contributed by atoms with Crippen molar-refractivity contribution in [3.8, 4) is 0 Å². The molecular weight excluding hydrogens is 202 g/mol. The van der Waals surface area contributed by atoms with Crippen molar-refractivity contribution in [3.63, 3.8) is 0 Å². The Morgan fingerprint density at radius 3 is 2.79 bits per heavy atom. The van der Waals surface area contributed by atoms with Crippen LogP contribution in [0.4, 0.5) is 11.9 Å². The largest absolute Gasteiger partial charge is 0.354 e. The Bertz CT molecular complexity index is 450. The van der Waals surface area contributed by atoms with Crippen molar-refractivity contribution in [3.05, 3.63) is 5.28 Å². The molecule has 1 heterocycles. The fourth-order valence-electron chi connectivity index (χ4n) is 0.785. The van der Waals surface area contributed by atoms with Gasteiger partial charge in [-0.1, -0.05) is 0 Å². The van der Waals surface area contributed by atoms with E-state index in [1.807, 2.05) is 13.8 Å². The maximum atomic E-state index is 7.43. The molecule has 0 fully saturated rings. The van der Waals surface area contributed by atoms with Gasteiger partial charge in [0.1, 0.15) is 0 Å². The van der Waals surface area contributed by atoms with E-state index in [1.54, 1.807) is 0 Å². The fourth-order valence-corrected chi connectivity index (χ4v) is 0.945. The van der Waals surface area contributed by atoms with E-state index >= 15 is 0 Å².